The summed E-state index contributed by atoms with van der Waals surface area (Å²) in [5.41, 5.74) is 0. The molecule has 0 aromatic carbocycles. The van der Waals surface area contributed by atoms with E-state index in [4.69, 9.17) is 14.2 Å². The second-order valence-electron chi connectivity index (χ2n) is 14.2. The monoisotopic (exact) mass is 668 g/mol. The maximum absolute atomic E-state index is 12.6. The Kier molecular flexibility index (Phi) is 30.1. The van der Waals surface area contributed by atoms with Gasteiger partial charge in [0.2, 0.25) is 0 Å². The first-order valence-electron chi connectivity index (χ1n) is 19.2. The zero-order valence-electron chi connectivity index (χ0n) is 31.2. The lowest BCUT2D eigenvalue weighted by Gasteiger charge is -2.34. The first kappa shape index (κ1) is 45.1. The third-order valence-electron chi connectivity index (χ3n) is 8.65. The first-order chi connectivity index (χ1) is 22.6. The fourth-order valence-corrected chi connectivity index (χ4v) is 5.58. The van der Waals surface area contributed by atoms with Gasteiger partial charge in [0, 0.05) is 19.3 Å². The lowest BCUT2D eigenvalue weighted by atomic mass is 10.0. The number of carbonyl (C=O) groups excluding carboxylic acids is 3. The molecule has 2 atom stereocenters. The second-order valence-corrected chi connectivity index (χ2v) is 14.2. The molecule has 47 heavy (non-hydrogen) atoms. The highest BCUT2D eigenvalue weighted by molar-refractivity contribution is 5.70. The molecule has 276 valence electrons. The molecule has 0 bridgehead atoms. The van der Waals surface area contributed by atoms with Gasteiger partial charge in [-0.1, -0.05) is 129 Å². The van der Waals surface area contributed by atoms with Crippen molar-refractivity contribution in [3.63, 3.8) is 0 Å². The average Bonchev–Trinajstić information content (AvgIpc) is 3.01. The summed E-state index contributed by atoms with van der Waals surface area (Å²) in [6.45, 7) is 4.60. The molecule has 0 aromatic rings. The SMILES string of the molecule is CCCC/C=C/CCCCCCCC(=O)OC(COCCC(C(=O)[O-])[N+](C)(C)C)COC(=O)CCCCCCCCCCCCCC. The minimum atomic E-state index is -1.13. The summed E-state index contributed by atoms with van der Waals surface area (Å²) < 4.78 is 17.1. The Balaban J connectivity index is 4.42. The van der Waals surface area contributed by atoms with E-state index in [2.05, 4.69) is 26.0 Å². The molecule has 0 spiro atoms. The lowest BCUT2D eigenvalue weighted by Crippen LogP contribution is -2.55. The number of esters is 2. The van der Waals surface area contributed by atoms with E-state index in [1.807, 2.05) is 0 Å². The Morgan fingerprint density at radius 1 is 0.617 bits per heavy atom. The Morgan fingerprint density at radius 2 is 1.09 bits per heavy atom. The van der Waals surface area contributed by atoms with E-state index in [-0.39, 0.29) is 42.7 Å². The highest BCUT2D eigenvalue weighted by Gasteiger charge is 2.25. The van der Waals surface area contributed by atoms with Crippen molar-refractivity contribution in [2.75, 3.05) is 41.0 Å². The number of aliphatic carboxylic acids is 1. The number of hydrogen-bond donors (Lipinski definition) is 0. The third kappa shape index (κ3) is 29.9. The molecule has 0 aromatic heterocycles. The Hall–Kier alpha value is -1.93. The Labute approximate surface area is 289 Å². The van der Waals surface area contributed by atoms with Crippen LogP contribution in [0.25, 0.3) is 0 Å². The smallest absolute Gasteiger partial charge is 0.306 e. The molecule has 0 aliphatic carbocycles. The molecule has 2 unspecified atom stereocenters. The zero-order valence-corrected chi connectivity index (χ0v) is 31.2. The van der Waals surface area contributed by atoms with Gasteiger partial charge < -0.3 is 28.6 Å². The summed E-state index contributed by atoms with van der Waals surface area (Å²) in [5.74, 6) is -1.74. The molecule has 0 rings (SSSR count). The maximum Gasteiger partial charge on any atom is 0.306 e. The molecule has 0 saturated heterocycles. The van der Waals surface area contributed by atoms with Crippen molar-refractivity contribution < 1.29 is 38.2 Å². The van der Waals surface area contributed by atoms with Crippen LogP contribution in [-0.2, 0) is 28.6 Å². The van der Waals surface area contributed by atoms with Crippen LogP contribution in [0.15, 0.2) is 12.2 Å². The normalized spacial score (nSPS) is 13.1. The van der Waals surface area contributed by atoms with E-state index in [1.165, 1.54) is 83.5 Å². The van der Waals surface area contributed by atoms with E-state index < -0.39 is 18.1 Å². The van der Waals surface area contributed by atoms with Crippen molar-refractivity contribution in [1.82, 2.24) is 0 Å². The minimum absolute atomic E-state index is 0.0420. The summed E-state index contributed by atoms with van der Waals surface area (Å²) in [5, 5.41) is 11.6. The van der Waals surface area contributed by atoms with E-state index in [0.717, 1.165) is 51.4 Å². The highest BCUT2D eigenvalue weighted by atomic mass is 16.6. The van der Waals surface area contributed by atoms with Crippen LogP contribution >= 0.6 is 0 Å². The van der Waals surface area contributed by atoms with Crippen molar-refractivity contribution in [2.24, 2.45) is 0 Å². The number of carbonyl (C=O) groups is 3. The topological polar surface area (TPSA) is 102 Å². The summed E-state index contributed by atoms with van der Waals surface area (Å²) in [6, 6.07) is -0.721. The van der Waals surface area contributed by atoms with E-state index in [1.54, 1.807) is 21.1 Å². The largest absolute Gasteiger partial charge is 0.544 e. The molecular weight excluding hydrogens is 594 g/mol. The predicted octanol–water partition coefficient (Wildman–Crippen LogP) is 8.24. The van der Waals surface area contributed by atoms with Gasteiger partial charge in [-0.2, -0.15) is 0 Å². The standard InChI is InChI=1S/C39H73NO7/c1-6-8-10-12-14-16-18-20-21-23-25-27-29-37(41)46-34-35(33-45-32-31-36(39(43)44)40(3,4)5)47-38(42)30-28-26-24-22-19-17-15-13-11-9-7-2/h13,15,35-36H,6-12,14,16-34H2,1-5H3/b15-13+. The van der Waals surface area contributed by atoms with Crippen LogP contribution in [0.1, 0.15) is 168 Å². The van der Waals surface area contributed by atoms with Crippen LogP contribution < -0.4 is 5.11 Å². The van der Waals surface area contributed by atoms with Gasteiger partial charge in [0.25, 0.3) is 0 Å². The summed E-state index contributed by atoms with van der Waals surface area (Å²) in [6.07, 6.45) is 29.4. The van der Waals surface area contributed by atoms with Gasteiger partial charge in [-0.25, -0.2) is 0 Å². The van der Waals surface area contributed by atoms with Crippen molar-refractivity contribution >= 4 is 17.9 Å². The highest BCUT2D eigenvalue weighted by Crippen LogP contribution is 2.14. The van der Waals surface area contributed by atoms with Gasteiger partial charge >= 0.3 is 11.9 Å². The van der Waals surface area contributed by atoms with E-state index in [9.17, 15) is 19.5 Å². The molecule has 0 amide bonds. The van der Waals surface area contributed by atoms with Crippen LogP contribution in [0.3, 0.4) is 0 Å². The molecule has 0 fully saturated rings. The number of ether oxygens (including phenoxy) is 3. The van der Waals surface area contributed by atoms with E-state index >= 15 is 0 Å². The minimum Gasteiger partial charge on any atom is -0.544 e. The number of carboxylic acid groups (broad SMARTS) is 1. The summed E-state index contributed by atoms with van der Waals surface area (Å²) >= 11 is 0. The van der Waals surface area contributed by atoms with Crippen LogP contribution in [0.2, 0.25) is 0 Å². The Morgan fingerprint density at radius 3 is 1.60 bits per heavy atom. The number of nitrogens with zero attached hydrogens (tertiary/aromatic N) is 1. The molecule has 0 aliphatic rings. The summed E-state index contributed by atoms with van der Waals surface area (Å²) in [4.78, 5) is 36.6. The molecule has 8 nitrogen and oxygen atoms in total. The molecule has 0 radical (unpaired) electrons. The third-order valence-corrected chi connectivity index (χ3v) is 8.65. The van der Waals surface area contributed by atoms with Gasteiger partial charge in [0.05, 0.1) is 40.3 Å². The number of unbranched alkanes of at least 4 members (excludes halogenated alkanes) is 18. The number of allylic oxidation sites excluding steroid dienone is 2. The number of carboxylic acids is 1. The molecular formula is C39H73NO7. The molecule has 0 heterocycles. The number of quaternary nitrogens is 1. The first-order valence-corrected chi connectivity index (χ1v) is 19.2. The number of hydrogen-bond acceptors (Lipinski definition) is 7. The number of rotatable bonds is 34. The van der Waals surface area contributed by atoms with Crippen LogP contribution in [0, 0.1) is 0 Å². The predicted molar refractivity (Wildman–Crippen MR) is 190 cm³/mol. The maximum atomic E-state index is 12.6. The molecule has 0 saturated carbocycles. The van der Waals surface area contributed by atoms with Crippen LogP contribution in [0.4, 0.5) is 0 Å². The average molecular weight is 668 g/mol. The van der Waals surface area contributed by atoms with Gasteiger partial charge in [0.15, 0.2) is 6.10 Å². The second kappa shape index (κ2) is 31.3. The molecule has 0 aliphatic heterocycles. The Bertz CT molecular complexity index is 793. The molecule has 8 heteroatoms. The van der Waals surface area contributed by atoms with Gasteiger partial charge in [-0.05, 0) is 32.1 Å². The van der Waals surface area contributed by atoms with Gasteiger partial charge in [-0.15, -0.1) is 0 Å². The molecule has 0 N–H and O–H groups in total. The van der Waals surface area contributed by atoms with Crippen LogP contribution in [-0.4, -0.2) is 75.5 Å². The zero-order chi connectivity index (χ0) is 35.0. The van der Waals surface area contributed by atoms with Crippen LogP contribution in [0.5, 0.6) is 0 Å². The fourth-order valence-electron chi connectivity index (χ4n) is 5.58. The van der Waals surface area contributed by atoms with Crippen molar-refractivity contribution in [1.29, 1.82) is 0 Å². The fraction of sp³-hybridized carbons (Fsp3) is 0.872. The number of likely N-dealkylation sites (N-methyl/N-ethyl adjacent to an activating group) is 1. The van der Waals surface area contributed by atoms with Crippen molar-refractivity contribution in [2.45, 2.75) is 180 Å². The summed E-state index contributed by atoms with van der Waals surface area (Å²) in [7, 11) is 5.39. The lowest BCUT2D eigenvalue weighted by molar-refractivity contribution is -0.889. The van der Waals surface area contributed by atoms with E-state index in [0.29, 0.717) is 12.8 Å². The quantitative estimate of drug-likeness (QED) is 0.0295. The van der Waals surface area contributed by atoms with Crippen molar-refractivity contribution in [3.8, 4) is 0 Å². The van der Waals surface area contributed by atoms with Gasteiger partial charge in [-0.3, -0.25) is 9.59 Å². The van der Waals surface area contributed by atoms with Gasteiger partial charge in [0.1, 0.15) is 12.6 Å². The van der Waals surface area contributed by atoms with Crippen molar-refractivity contribution in [3.05, 3.63) is 12.2 Å².